The summed E-state index contributed by atoms with van der Waals surface area (Å²) < 4.78 is 13.9. The molecule has 5 heteroatoms. The second-order valence-corrected chi connectivity index (χ2v) is 5.90. The van der Waals surface area contributed by atoms with Gasteiger partial charge >= 0.3 is 0 Å². The predicted molar refractivity (Wildman–Crippen MR) is 76.4 cm³/mol. The Balaban J connectivity index is 2.23. The number of carbonyl (C=O) groups is 1. The van der Waals surface area contributed by atoms with Crippen molar-refractivity contribution < 1.29 is 9.18 Å². The maximum absolute atomic E-state index is 13.5. The van der Waals surface area contributed by atoms with E-state index in [0.717, 1.165) is 19.3 Å². The monoisotopic (exact) mass is 328 g/mol. The van der Waals surface area contributed by atoms with Gasteiger partial charge in [-0.05, 0) is 60.3 Å². The van der Waals surface area contributed by atoms with E-state index in [2.05, 4.69) is 15.9 Å². The van der Waals surface area contributed by atoms with Crippen molar-refractivity contribution in [2.75, 3.05) is 6.54 Å². The first kappa shape index (κ1) is 14.5. The Kier molecular flexibility index (Phi) is 4.58. The van der Waals surface area contributed by atoms with Gasteiger partial charge in [0.15, 0.2) is 0 Å². The average Bonchev–Trinajstić information content (AvgIpc) is 2.41. The second-order valence-electron chi connectivity index (χ2n) is 5.05. The van der Waals surface area contributed by atoms with Crippen molar-refractivity contribution in [1.29, 1.82) is 0 Å². The van der Waals surface area contributed by atoms with Crippen LogP contribution < -0.4 is 5.73 Å². The molecule has 1 aliphatic rings. The summed E-state index contributed by atoms with van der Waals surface area (Å²) in [4.78, 5) is 14.3. The summed E-state index contributed by atoms with van der Waals surface area (Å²) in [5, 5.41) is 0. The molecule has 1 saturated heterocycles. The van der Waals surface area contributed by atoms with Gasteiger partial charge in [0, 0.05) is 24.2 Å². The summed E-state index contributed by atoms with van der Waals surface area (Å²) in [6.07, 6.45) is 2.99. The van der Waals surface area contributed by atoms with Gasteiger partial charge in [0.2, 0.25) is 0 Å². The Labute approximate surface area is 121 Å². The van der Waals surface area contributed by atoms with Gasteiger partial charge in [-0.25, -0.2) is 4.39 Å². The molecule has 1 aromatic rings. The van der Waals surface area contributed by atoms with Gasteiger partial charge in [0.1, 0.15) is 5.82 Å². The van der Waals surface area contributed by atoms with Crippen molar-refractivity contribution in [3.8, 4) is 0 Å². The number of rotatable bonds is 2. The Morgan fingerprint density at radius 1 is 1.53 bits per heavy atom. The summed E-state index contributed by atoms with van der Waals surface area (Å²) in [6, 6.07) is 4.46. The Hall–Kier alpha value is -0.940. The summed E-state index contributed by atoms with van der Waals surface area (Å²) in [7, 11) is 0. The first-order valence-electron chi connectivity index (χ1n) is 6.52. The van der Waals surface area contributed by atoms with Crippen LogP contribution in [0.5, 0.6) is 0 Å². The number of benzene rings is 1. The van der Waals surface area contributed by atoms with E-state index in [4.69, 9.17) is 5.73 Å². The zero-order valence-electron chi connectivity index (χ0n) is 10.9. The van der Waals surface area contributed by atoms with E-state index in [1.54, 1.807) is 17.0 Å². The topological polar surface area (TPSA) is 46.3 Å². The number of likely N-dealkylation sites (tertiary alicyclic amines) is 1. The Bertz CT molecular complexity index is 479. The van der Waals surface area contributed by atoms with Crippen LogP contribution in [0, 0.1) is 5.82 Å². The molecule has 0 radical (unpaired) electrons. The fraction of sp³-hybridized carbons (Fsp3) is 0.500. The molecular weight excluding hydrogens is 311 g/mol. The summed E-state index contributed by atoms with van der Waals surface area (Å²) >= 11 is 3.09. The fourth-order valence-electron chi connectivity index (χ4n) is 2.55. The van der Waals surface area contributed by atoms with Crippen LogP contribution in [0.4, 0.5) is 4.39 Å². The first-order chi connectivity index (χ1) is 9.00. The van der Waals surface area contributed by atoms with Crippen molar-refractivity contribution in [2.45, 2.75) is 38.3 Å². The molecule has 1 fully saturated rings. The van der Waals surface area contributed by atoms with Crippen LogP contribution in [-0.4, -0.2) is 29.4 Å². The molecule has 1 aliphatic heterocycles. The molecule has 0 saturated carbocycles. The van der Waals surface area contributed by atoms with Gasteiger partial charge in [-0.3, -0.25) is 4.79 Å². The van der Waals surface area contributed by atoms with Crippen LogP contribution in [0.1, 0.15) is 36.5 Å². The molecule has 0 aliphatic carbocycles. The zero-order valence-corrected chi connectivity index (χ0v) is 12.5. The van der Waals surface area contributed by atoms with E-state index in [-0.39, 0.29) is 18.0 Å². The predicted octanol–water partition coefficient (Wildman–Crippen LogP) is 2.93. The molecule has 1 aromatic carbocycles. The molecule has 1 amide bonds. The van der Waals surface area contributed by atoms with Crippen molar-refractivity contribution in [3.05, 3.63) is 34.1 Å². The van der Waals surface area contributed by atoms with Crippen LogP contribution in [0.25, 0.3) is 0 Å². The number of nitrogens with two attached hydrogens (primary N) is 1. The molecule has 0 spiro atoms. The molecule has 3 nitrogen and oxygen atoms in total. The largest absolute Gasteiger partial charge is 0.334 e. The smallest absolute Gasteiger partial charge is 0.254 e. The standard InChI is InChI=1S/C14H18BrFN2O/c1-9(17)13-4-2-3-7-18(13)14(19)10-5-6-11(15)12(16)8-10/h5-6,8-9,13H,2-4,7,17H2,1H3/t9-,13-/m0/s1. The maximum atomic E-state index is 13.5. The highest BCUT2D eigenvalue weighted by molar-refractivity contribution is 9.10. The molecule has 2 N–H and O–H groups in total. The van der Waals surface area contributed by atoms with E-state index in [9.17, 15) is 9.18 Å². The number of hydrogen-bond acceptors (Lipinski definition) is 2. The molecule has 0 bridgehead atoms. The molecule has 2 rings (SSSR count). The van der Waals surface area contributed by atoms with E-state index in [1.165, 1.54) is 6.07 Å². The third-order valence-corrected chi connectivity index (χ3v) is 4.23. The Morgan fingerprint density at radius 3 is 2.89 bits per heavy atom. The minimum atomic E-state index is -0.416. The average molecular weight is 329 g/mol. The van der Waals surface area contributed by atoms with Crippen molar-refractivity contribution in [3.63, 3.8) is 0 Å². The van der Waals surface area contributed by atoms with E-state index >= 15 is 0 Å². The van der Waals surface area contributed by atoms with Gasteiger partial charge < -0.3 is 10.6 Å². The number of hydrogen-bond donors (Lipinski definition) is 1. The summed E-state index contributed by atoms with van der Waals surface area (Å²) in [5.74, 6) is -0.548. The number of carbonyl (C=O) groups excluding carboxylic acids is 1. The number of amides is 1. The van der Waals surface area contributed by atoms with Crippen LogP contribution in [0.15, 0.2) is 22.7 Å². The van der Waals surface area contributed by atoms with Crippen LogP contribution in [0.2, 0.25) is 0 Å². The molecule has 0 aromatic heterocycles. The van der Waals surface area contributed by atoms with E-state index < -0.39 is 5.82 Å². The lowest BCUT2D eigenvalue weighted by atomic mass is 9.96. The molecule has 19 heavy (non-hydrogen) atoms. The number of piperidine rings is 1. The van der Waals surface area contributed by atoms with E-state index in [1.807, 2.05) is 6.92 Å². The molecule has 0 unspecified atom stereocenters. The van der Waals surface area contributed by atoms with E-state index in [0.29, 0.717) is 16.6 Å². The third-order valence-electron chi connectivity index (χ3n) is 3.58. The normalized spacial score (nSPS) is 21.3. The number of halogens is 2. The quantitative estimate of drug-likeness (QED) is 0.907. The highest BCUT2D eigenvalue weighted by Gasteiger charge is 2.29. The molecular formula is C14H18BrFN2O. The van der Waals surface area contributed by atoms with Crippen molar-refractivity contribution >= 4 is 21.8 Å². The Morgan fingerprint density at radius 2 is 2.26 bits per heavy atom. The van der Waals surface area contributed by atoms with Gasteiger partial charge in [0.05, 0.1) is 4.47 Å². The highest BCUT2D eigenvalue weighted by atomic mass is 79.9. The van der Waals surface area contributed by atoms with Gasteiger partial charge in [0.25, 0.3) is 5.91 Å². The van der Waals surface area contributed by atoms with Crippen molar-refractivity contribution in [2.24, 2.45) is 5.73 Å². The molecule has 104 valence electrons. The van der Waals surface area contributed by atoms with Crippen LogP contribution in [-0.2, 0) is 0 Å². The lowest BCUT2D eigenvalue weighted by molar-refractivity contribution is 0.0583. The zero-order chi connectivity index (χ0) is 14.0. The first-order valence-corrected chi connectivity index (χ1v) is 7.31. The summed E-state index contributed by atoms with van der Waals surface area (Å²) in [5.41, 5.74) is 6.33. The van der Waals surface area contributed by atoms with Crippen LogP contribution in [0.3, 0.4) is 0 Å². The number of nitrogens with zero attached hydrogens (tertiary/aromatic N) is 1. The summed E-state index contributed by atoms with van der Waals surface area (Å²) in [6.45, 7) is 2.61. The lowest BCUT2D eigenvalue weighted by Gasteiger charge is -2.38. The van der Waals surface area contributed by atoms with Gasteiger partial charge in [-0.2, -0.15) is 0 Å². The fourth-order valence-corrected chi connectivity index (χ4v) is 2.80. The third kappa shape index (κ3) is 3.15. The SMILES string of the molecule is C[C@H](N)[C@@H]1CCCCN1C(=O)c1ccc(Br)c(F)c1. The highest BCUT2D eigenvalue weighted by Crippen LogP contribution is 2.23. The minimum absolute atomic E-state index is 0.0490. The minimum Gasteiger partial charge on any atom is -0.334 e. The van der Waals surface area contributed by atoms with Gasteiger partial charge in [-0.15, -0.1) is 0 Å². The molecule has 2 atom stereocenters. The van der Waals surface area contributed by atoms with Gasteiger partial charge in [-0.1, -0.05) is 0 Å². The second kappa shape index (κ2) is 6.01. The molecule has 1 heterocycles. The lowest BCUT2D eigenvalue weighted by Crippen LogP contribution is -2.51. The van der Waals surface area contributed by atoms with Crippen LogP contribution >= 0.6 is 15.9 Å². The maximum Gasteiger partial charge on any atom is 0.254 e. The van der Waals surface area contributed by atoms with Crippen molar-refractivity contribution in [1.82, 2.24) is 4.90 Å².